The predicted molar refractivity (Wildman–Crippen MR) is 77.9 cm³/mol. The third-order valence-corrected chi connectivity index (χ3v) is 6.16. The summed E-state index contributed by atoms with van der Waals surface area (Å²) in [7, 11) is -1.47. The second-order valence-electron chi connectivity index (χ2n) is 6.01. The quantitative estimate of drug-likeness (QED) is 0.888. The number of nitrogens with zero attached hydrogens (tertiary/aromatic N) is 2. The van der Waals surface area contributed by atoms with Crippen LogP contribution in [0.15, 0.2) is 23.4 Å². The second-order valence-corrected chi connectivity index (χ2v) is 7.90. The van der Waals surface area contributed by atoms with Gasteiger partial charge < -0.3 is 9.88 Å². The minimum absolute atomic E-state index is 0.232. The molecule has 2 heterocycles. The first-order chi connectivity index (χ1) is 9.57. The molecule has 1 saturated carbocycles. The van der Waals surface area contributed by atoms with Gasteiger partial charge in [0.25, 0.3) is 0 Å². The van der Waals surface area contributed by atoms with E-state index in [9.17, 15) is 8.42 Å². The average Bonchev–Trinajstić information content (AvgIpc) is 3.17. The molecular formula is C14H23N3O2S. The van der Waals surface area contributed by atoms with Crippen LogP contribution < -0.4 is 5.32 Å². The van der Waals surface area contributed by atoms with E-state index in [1.165, 1.54) is 0 Å². The van der Waals surface area contributed by atoms with Crippen LogP contribution in [-0.4, -0.2) is 43.0 Å². The van der Waals surface area contributed by atoms with Gasteiger partial charge in [0.05, 0.1) is 4.90 Å². The Bertz CT molecular complexity index is 557. The first-order valence-corrected chi connectivity index (χ1v) is 8.86. The van der Waals surface area contributed by atoms with E-state index in [0.717, 1.165) is 38.8 Å². The molecule has 1 aliphatic carbocycles. The summed E-state index contributed by atoms with van der Waals surface area (Å²) >= 11 is 0. The Labute approximate surface area is 121 Å². The van der Waals surface area contributed by atoms with Crippen molar-refractivity contribution in [2.75, 3.05) is 19.6 Å². The monoisotopic (exact) mass is 297 g/mol. The van der Waals surface area contributed by atoms with E-state index in [1.807, 2.05) is 7.05 Å². The smallest absolute Gasteiger partial charge is 0.244 e. The molecule has 3 rings (SSSR count). The number of piperidine rings is 1. The lowest BCUT2D eigenvalue weighted by Gasteiger charge is -2.29. The molecule has 1 N–H and O–H groups in total. The molecule has 0 aromatic carbocycles. The van der Waals surface area contributed by atoms with Crippen molar-refractivity contribution in [2.24, 2.45) is 13.0 Å². The van der Waals surface area contributed by atoms with E-state index >= 15 is 0 Å². The maximum atomic E-state index is 12.8. The van der Waals surface area contributed by atoms with Crippen molar-refractivity contribution in [2.45, 2.75) is 36.6 Å². The van der Waals surface area contributed by atoms with Gasteiger partial charge in [-0.3, -0.25) is 0 Å². The number of nitrogens with one attached hydrogen (secondary N) is 1. The van der Waals surface area contributed by atoms with Gasteiger partial charge in [-0.15, -0.1) is 0 Å². The Kier molecular flexibility index (Phi) is 3.88. The minimum atomic E-state index is -3.32. The molecule has 2 fully saturated rings. The van der Waals surface area contributed by atoms with Crippen molar-refractivity contribution in [1.82, 2.24) is 14.2 Å². The summed E-state index contributed by atoms with van der Waals surface area (Å²) in [5.74, 6) is 0.496. The number of sulfonamides is 1. The lowest BCUT2D eigenvalue weighted by atomic mass is 9.98. The molecule has 1 aliphatic heterocycles. The van der Waals surface area contributed by atoms with Gasteiger partial charge in [0.15, 0.2) is 0 Å². The zero-order valence-electron chi connectivity index (χ0n) is 12.0. The summed E-state index contributed by atoms with van der Waals surface area (Å²) < 4.78 is 29.2. The van der Waals surface area contributed by atoms with Crippen molar-refractivity contribution < 1.29 is 8.42 Å². The highest BCUT2D eigenvalue weighted by Gasteiger charge is 2.39. The third-order valence-electron chi connectivity index (χ3n) is 4.26. The predicted octanol–water partition coefficient (Wildman–Crippen LogP) is 1.18. The van der Waals surface area contributed by atoms with Crippen molar-refractivity contribution >= 4 is 10.0 Å². The summed E-state index contributed by atoms with van der Waals surface area (Å²) in [5.41, 5.74) is 0. The fourth-order valence-electron chi connectivity index (χ4n) is 2.89. The molecule has 1 aromatic rings. The normalized spacial score (nSPS) is 21.5. The lowest BCUT2D eigenvalue weighted by Crippen LogP contribution is -2.40. The topological polar surface area (TPSA) is 54.3 Å². The zero-order chi connectivity index (χ0) is 14.2. The molecular weight excluding hydrogens is 274 g/mol. The summed E-state index contributed by atoms with van der Waals surface area (Å²) in [6, 6.07) is 1.93. The highest BCUT2D eigenvalue weighted by Crippen LogP contribution is 2.33. The number of hydrogen-bond donors (Lipinski definition) is 1. The molecule has 0 atom stereocenters. The van der Waals surface area contributed by atoms with Crippen LogP contribution in [0.2, 0.25) is 0 Å². The van der Waals surface area contributed by atoms with Gasteiger partial charge in [0, 0.05) is 32.0 Å². The highest BCUT2D eigenvalue weighted by atomic mass is 32.2. The fourth-order valence-corrected chi connectivity index (χ4v) is 4.70. The molecule has 6 heteroatoms. The summed E-state index contributed by atoms with van der Waals surface area (Å²) in [6.07, 6.45) is 7.67. The van der Waals surface area contributed by atoms with Gasteiger partial charge in [-0.25, -0.2) is 8.42 Å². The first-order valence-electron chi connectivity index (χ1n) is 7.42. The summed E-state index contributed by atoms with van der Waals surface area (Å²) in [5, 5.41) is 3.34. The Morgan fingerprint density at radius 1 is 1.30 bits per heavy atom. The van der Waals surface area contributed by atoms with Crippen LogP contribution in [-0.2, 0) is 17.1 Å². The van der Waals surface area contributed by atoms with E-state index in [4.69, 9.17) is 0 Å². The van der Waals surface area contributed by atoms with Crippen LogP contribution in [0.3, 0.4) is 0 Å². The molecule has 20 heavy (non-hydrogen) atoms. The van der Waals surface area contributed by atoms with Gasteiger partial charge in [-0.1, -0.05) is 0 Å². The molecule has 2 aliphatic rings. The second kappa shape index (κ2) is 5.50. The number of aryl methyl sites for hydroxylation is 1. The van der Waals surface area contributed by atoms with Crippen molar-refractivity contribution in [3.63, 3.8) is 0 Å². The van der Waals surface area contributed by atoms with Crippen LogP contribution in [0.25, 0.3) is 0 Å². The van der Waals surface area contributed by atoms with Crippen molar-refractivity contribution in [3.05, 3.63) is 18.5 Å². The van der Waals surface area contributed by atoms with Gasteiger partial charge >= 0.3 is 0 Å². The van der Waals surface area contributed by atoms with E-state index in [1.54, 1.807) is 27.3 Å². The Morgan fingerprint density at radius 2 is 2.00 bits per heavy atom. The van der Waals surface area contributed by atoms with Crippen LogP contribution in [0, 0.1) is 5.92 Å². The summed E-state index contributed by atoms with van der Waals surface area (Å²) in [4.78, 5) is 0.431. The molecule has 1 aromatic heterocycles. The standard InChI is InChI=1S/C14H23N3O2S/c1-16-9-6-14(11-16)20(18,19)17(13-2-3-13)10-12-4-7-15-8-5-12/h6,9,11-13,15H,2-5,7-8,10H2,1H3. The van der Waals surface area contributed by atoms with Gasteiger partial charge in [-0.05, 0) is 50.8 Å². The molecule has 5 nitrogen and oxygen atoms in total. The third kappa shape index (κ3) is 2.92. The van der Waals surface area contributed by atoms with Crippen LogP contribution in [0.4, 0.5) is 0 Å². The van der Waals surface area contributed by atoms with E-state index in [0.29, 0.717) is 17.4 Å². The Morgan fingerprint density at radius 3 is 2.55 bits per heavy atom. The molecule has 0 spiro atoms. The van der Waals surface area contributed by atoms with Crippen LogP contribution in [0.5, 0.6) is 0 Å². The lowest BCUT2D eigenvalue weighted by molar-refractivity contribution is 0.283. The molecule has 112 valence electrons. The number of hydrogen-bond acceptors (Lipinski definition) is 3. The van der Waals surface area contributed by atoms with Crippen LogP contribution >= 0.6 is 0 Å². The maximum Gasteiger partial charge on any atom is 0.244 e. The van der Waals surface area contributed by atoms with Crippen molar-refractivity contribution in [3.8, 4) is 0 Å². The fraction of sp³-hybridized carbons (Fsp3) is 0.714. The SMILES string of the molecule is Cn1ccc(S(=O)(=O)N(CC2CCNCC2)C2CC2)c1. The van der Waals surface area contributed by atoms with Crippen molar-refractivity contribution in [1.29, 1.82) is 0 Å². The molecule has 0 amide bonds. The average molecular weight is 297 g/mol. The first kappa shape index (κ1) is 14.1. The Balaban J connectivity index is 1.79. The zero-order valence-corrected chi connectivity index (χ0v) is 12.8. The number of aromatic nitrogens is 1. The van der Waals surface area contributed by atoms with E-state index < -0.39 is 10.0 Å². The number of rotatable bonds is 5. The molecule has 0 radical (unpaired) electrons. The van der Waals surface area contributed by atoms with E-state index in [2.05, 4.69) is 5.32 Å². The Hall–Kier alpha value is -0.850. The largest absolute Gasteiger partial charge is 0.356 e. The molecule has 0 bridgehead atoms. The minimum Gasteiger partial charge on any atom is -0.356 e. The van der Waals surface area contributed by atoms with Crippen LogP contribution in [0.1, 0.15) is 25.7 Å². The van der Waals surface area contributed by atoms with Gasteiger partial charge in [0.2, 0.25) is 10.0 Å². The van der Waals surface area contributed by atoms with Gasteiger partial charge in [-0.2, -0.15) is 4.31 Å². The molecule has 0 unspecified atom stereocenters. The summed E-state index contributed by atoms with van der Waals surface area (Å²) in [6.45, 7) is 2.70. The van der Waals surface area contributed by atoms with E-state index in [-0.39, 0.29) is 6.04 Å². The van der Waals surface area contributed by atoms with Gasteiger partial charge in [0.1, 0.15) is 0 Å². The highest BCUT2D eigenvalue weighted by molar-refractivity contribution is 7.89. The maximum absolute atomic E-state index is 12.8. The molecule has 1 saturated heterocycles.